The van der Waals surface area contributed by atoms with E-state index in [9.17, 15) is 29.3 Å². The number of hydrogen-bond donors (Lipinski definition) is 0. The maximum atomic E-state index is 13.5. The quantitative estimate of drug-likeness (QED) is 0.269. The van der Waals surface area contributed by atoms with Gasteiger partial charge >= 0.3 is 0 Å². The lowest BCUT2D eigenvalue weighted by atomic mass is 9.81. The second-order valence-corrected chi connectivity index (χ2v) is 9.41. The van der Waals surface area contributed by atoms with Crippen LogP contribution in [0.3, 0.4) is 0 Å². The molecule has 2 aliphatic carbocycles. The highest BCUT2D eigenvalue weighted by Gasteiger charge is 2.62. The number of amides is 3. The van der Waals surface area contributed by atoms with Crippen LogP contribution in [0.15, 0.2) is 48.5 Å². The minimum Gasteiger partial charge on any atom is -0.292 e. The van der Waals surface area contributed by atoms with Crippen molar-refractivity contribution in [2.45, 2.75) is 19.3 Å². The number of fused-ring (bicyclic) bond motifs is 5. The lowest BCUT2D eigenvalue weighted by Gasteiger charge is -2.30. The van der Waals surface area contributed by atoms with Crippen molar-refractivity contribution in [2.24, 2.45) is 23.7 Å². The maximum Gasteiger partial charge on any atom is 0.273 e. The molecule has 0 unspecified atom stereocenters. The number of nitro benzene ring substituents is 1. The smallest absolute Gasteiger partial charge is 0.273 e. The Morgan fingerprint density at radius 3 is 2.00 bits per heavy atom. The summed E-state index contributed by atoms with van der Waals surface area (Å²) >= 11 is 5.90. The molecule has 0 radical (unpaired) electrons. The second-order valence-electron chi connectivity index (χ2n) is 8.97. The highest BCUT2D eigenvalue weighted by Crippen LogP contribution is 2.56. The molecule has 1 aliphatic heterocycles. The summed E-state index contributed by atoms with van der Waals surface area (Å²) in [5.41, 5.74) is 0.0835. The highest BCUT2D eigenvalue weighted by molar-refractivity contribution is 6.30. The van der Waals surface area contributed by atoms with Crippen molar-refractivity contribution in [1.29, 1.82) is 0 Å². The fourth-order valence-corrected chi connectivity index (χ4v) is 5.73. The summed E-state index contributed by atoms with van der Waals surface area (Å²) in [6.07, 6.45) is 2.58. The number of rotatable bonds is 6. The van der Waals surface area contributed by atoms with E-state index in [4.69, 9.17) is 11.6 Å². The van der Waals surface area contributed by atoms with Gasteiger partial charge in [-0.05, 0) is 67.5 Å². The van der Waals surface area contributed by atoms with Crippen molar-refractivity contribution in [3.63, 3.8) is 0 Å². The second kappa shape index (κ2) is 8.32. The van der Waals surface area contributed by atoms with Crippen molar-refractivity contribution < 1.29 is 24.1 Å². The van der Waals surface area contributed by atoms with E-state index in [2.05, 4.69) is 0 Å². The average Bonchev–Trinajstić information content (AvgIpc) is 3.51. The van der Waals surface area contributed by atoms with Crippen LogP contribution < -0.4 is 0 Å². The molecular weight excluding hydrogens is 462 g/mol. The Kier molecular flexibility index (Phi) is 5.44. The van der Waals surface area contributed by atoms with Gasteiger partial charge in [0.25, 0.3) is 23.4 Å². The zero-order valence-corrected chi connectivity index (χ0v) is 18.7. The summed E-state index contributed by atoms with van der Waals surface area (Å²) in [4.78, 5) is 63.6. The van der Waals surface area contributed by atoms with Gasteiger partial charge in [-0.1, -0.05) is 11.6 Å². The Hall–Kier alpha value is -3.59. The number of hydrogen-bond acceptors (Lipinski definition) is 6. The summed E-state index contributed by atoms with van der Waals surface area (Å²) in [5.74, 6) is -2.87. The Morgan fingerprint density at radius 2 is 1.47 bits per heavy atom. The van der Waals surface area contributed by atoms with Crippen LogP contribution in [0.1, 0.15) is 40.0 Å². The van der Waals surface area contributed by atoms with Crippen LogP contribution in [0.4, 0.5) is 5.69 Å². The first-order valence-electron chi connectivity index (χ1n) is 11.0. The number of ketones is 1. The van der Waals surface area contributed by atoms with Gasteiger partial charge < -0.3 is 0 Å². The van der Waals surface area contributed by atoms with Gasteiger partial charge in [0.2, 0.25) is 0 Å². The molecule has 1 saturated heterocycles. The number of non-ortho nitro benzene ring substituents is 1. The third-order valence-corrected chi connectivity index (χ3v) is 7.42. The molecule has 4 atom stereocenters. The fourth-order valence-electron chi connectivity index (χ4n) is 5.60. The minimum atomic E-state index is -0.758. The molecule has 174 valence electrons. The van der Waals surface area contributed by atoms with Crippen LogP contribution in [0.5, 0.6) is 0 Å². The van der Waals surface area contributed by atoms with Crippen molar-refractivity contribution in [2.75, 3.05) is 6.54 Å². The van der Waals surface area contributed by atoms with Gasteiger partial charge in [0.1, 0.15) is 6.54 Å². The monoisotopic (exact) mass is 481 g/mol. The number of Topliss-reactive ketones (excluding diaryl/α,β-unsaturated/α-hetero) is 1. The number of imide groups is 1. The molecular formula is C24H20ClN3O6. The Morgan fingerprint density at radius 1 is 0.941 bits per heavy atom. The number of carbonyl (C=O) groups is 4. The molecule has 2 aromatic rings. The van der Waals surface area contributed by atoms with Crippen LogP contribution in [-0.4, -0.2) is 45.0 Å². The zero-order valence-electron chi connectivity index (χ0n) is 17.9. The van der Waals surface area contributed by atoms with Gasteiger partial charge in [-0.3, -0.25) is 29.3 Å². The molecule has 3 fully saturated rings. The lowest BCUT2D eigenvalue weighted by molar-refractivity contribution is -0.384. The van der Waals surface area contributed by atoms with Crippen molar-refractivity contribution in [3.05, 3.63) is 74.8 Å². The van der Waals surface area contributed by atoms with Gasteiger partial charge in [-0.15, -0.1) is 0 Å². The summed E-state index contributed by atoms with van der Waals surface area (Å²) in [6, 6.07) is 10.9. The van der Waals surface area contributed by atoms with E-state index in [0.29, 0.717) is 5.02 Å². The topological polar surface area (TPSA) is 118 Å². The summed E-state index contributed by atoms with van der Waals surface area (Å²) in [6.45, 7) is -0.538. The molecule has 9 nitrogen and oxygen atoms in total. The Balaban J connectivity index is 1.49. The lowest BCUT2D eigenvalue weighted by Crippen LogP contribution is -2.52. The number of hydrazine groups is 1. The molecule has 10 heteroatoms. The summed E-state index contributed by atoms with van der Waals surface area (Å²) in [7, 11) is 0. The summed E-state index contributed by atoms with van der Waals surface area (Å²) in [5, 5.41) is 13.1. The van der Waals surface area contributed by atoms with Crippen LogP contribution in [0.2, 0.25) is 5.02 Å². The molecule has 0 spiro atoms. The molecule has 2 saturated carbocycles. The number of halogens is 1. The van der Waals surface area contributed by atoms with E-state index in [1.807, 2.05) is 0 Å². The first-order valence-corrected chi connectivity index (χ1v) is 11.4. The number of nitrogens with zero attached hydrogens (tertiary/aromatic N) is 3. The Labute approximate surface area is 199 Å². The predicted molar refractivity (Wildman–Crippen MR) is 120 cm³/mol. The van der Waals surface area contributed by atoms with Crippen molar-refractivity contribution >= 4 is 40.8 Å². The van der Waals surface area contributed by atoms with Crippen LogP contribution in [0, 0.1) is 33.8 Å². The first kappa shape index (κ1) is 22.2. The third-order valence-electron chi connectivity index (χ3n) is 7.16. The highest BCUT2D eigenvalue weighted by atomic mass is 35.5. The van der Waals surface area contributed by atoms with Crippen molar-refractivity contribution in [1.82, 2.24) is 10.0 Å². The SMILES string of the molecule is O=C(CN(C(=O)c1ccc([N+](=O)[O-])cc1)N1C(=O)[C@H]2[C@H]3CC[C@@H](C3)[C@@H]2C1=O)c1ccc(Cl)cc1. The standard InChI is InChI=1S/C24H20ClN3O6/c25-17-7-3-13(4-8-17)19(29)12-26(22(30)14-5-9-18(10-6-14)28(33)34)27-23(31)20-15-1-2-16(11-15)21(20)24(27)32/h3-10,15-16,20-21H,1-2,11-12H2/t15-,16-,20-,21-/m0/s1. The van der Waals surface area contributed by atoms with E-state index >= 15 is 0 Å². The van der Waals surface area contributed by atoms with Crippen LogP contribution in [0.25, 0.3) is 0 Å². The molecule has 2 aromatic carbocycles. The molecule has 0 aromatic heterocycles. The fraction of sp³-hybridized carbons (Fsp3) is 0.333. The van der Waals surface area contributed by atoms with E-state index in [0.717, 1.165) is 41.4 Å². The van der Waals surface area contributed by atoms with Crippen LogP contribution >= 0.6 is 11.6 Å². The maximum absolute atomic E-state index is 13.5. The number of benzene rings is 2. The van der Waals surface area contributed by atoms with Crippen molar-refractivity contribution in [3.8, 4) is 0 Å². The molecule has 2 bridgehead atoms. The van der Waals surface area contributed by atoms with Gasteiger partial charge in [-0.2, -0.15) is 5.01 Å². The Bertz CT molecular complexity index is 1180. The van der Waals surface area contributed by atoms with E-state index < -0.39 is 46.8 Å². The van der Waals surface area contributed by atoms with Gasteiger partial charge in [0, 0.05) is 28.3 Å². The average molecular weight is 482 g/mol. The largest absolute Gasteiger partial charge is 0.292 e. The molecule has 34 heavy (non-hydrogen) atoms. The van der Waals surface area contributed by atoms with Gasteiger partial charge in [0.15, 0.2) is 5.78 Å². The first-order chi connectivity index (χ1) is 16.3. The molecule has 1 heterocycles. The van der Waals surface area contributed by atoms with E-state index in [-0.39, 0.29) is 28.7 Å². The molecule has 0 N–H and O–H groups in total. The zero-order chi connectivity index (χ0) is 24.1. The predicted octanol–water partition coefficient (Wildman–Crippen LogP) is 3.52. The normalized spacial score (nSPS) is 24.9. The third kappa shape index (κ3) is 3.56. The van der Waals surface area contributed by atoms with E-state index in [1.165, 1.54) is 36.4 Å². The molecule has 3 aliphatic rings. The molecule has 3 amide bonds. The van der Waals surface area contributed by atoms with Crippen LogP contribution in [-0.2, 0) is 9.59 Å². The number of nitro groups is 1. The molecule has 5 rings (SSSR count). The van der Waals surface area contributed by atoms with Gasteiger partial charge in [0.05, 0.1) is 16.8 Å². The number of carbonyl (C=O) groups excluding carboxylic acids is 4. The summed E-state index contributed by atoms with van der Waals surface area (Å²) < 4.78 is 0. The van der Waals surface area contributed by atoms with Gasteiger partial charge in [-0.25, -0.2) is 5.01 Å². The van der Waals surface area contributed by atoms with E-state index in [1.54, 1.807) is 0 Å². The minimum absolute atomic E-state index is 0.0233.